The molecule has 0 saturated heterocycles. The second-order valence-corrected chi connectivity index (χ2v) is 6.15. The highest BCUT2D eigenvalue weighted by molar-refractivity contribution is 6.30. The van der Waals surface area contributed by atoms with Crippen LogP contribution in [0.4, 0.5) is 0 Å². The summed E-state index contributed by atoms with van der Waals surface area (Å²) >= 11 is 5.76. The van der Waals surface area contributed by atoms with E-state index in [-0.39, 0.29) is 18.6 Å². The molecule has 4 nitrogen and oxygen atoms in total. The number of benzene rings is 2. The molecule has 2 aromatic rings. The van der Waals surface area contributed by atoms with E-state index < -0.39 is 5.97 Å². The molecule has 0 aromatic heterocycles. The van der Waals surface area contributed by atoms with E-state index in [4.69, 9.17) is 16.3 Å². The molecule has 0 aliphatic heterocycles. The Morgan fingerprint density at radius 1 is 1.08 bits per heavy atom. The number of ether oxygens (including phenoxy) is 1. The van der Waals surface area contributed by atoms with Gasteiger partial charge in [0.25, 0.3) is 5.91 Å². The smallest absolute Gasteiger partial charge is 0.338 e. The van der Waals surface area contributed by atoms with E-state index in [1.807, 2.05) is 39.0 Å². The van der Waals surface area contributed by atoms with Crippen molar-refractivity contribution < 1.29 is 14.3 Å². The van der Waals surface area contributed by atoms with Crippen molar-refractivity contribution in [2.24, 2.45) is 0 Å². The summed E-state index contributed by atoms with van der Waals surface area (Å²) in [7, 11) is 0. The van der Waals surface area contributed by atoms with Gasteiger partial charge < -0.3 is 10.1 Å². The van der Waals surface area contributed by atoms with Crippen molar-refractivity contribution in [3.8, 4) is 0 Å². The number of carbonyl (C=O) groups is 2. The number of rotatable bonds is 5. The van der Waals surface area contributed by atoms with Gasteiger partial charge in [-0.15, -0.1) is 0 Å². The van der Waals surface area contributed by atoms with Crippen LogP contribution in [0.1, 0.15) is 40.0 Å². The summed E-state index contributed by atoms with van der Waals surface area (Å²) in [6.07, 6.45) is 0. The van der Waals surface area contributed by atoms with Gasteiger partial charge in [-0.05, 0) is 61.7 Å². The van der Waals surface area contributed by atoms with E-state index >= 15 is 0 Å². The summed E-state index contributed by atoms with van der Waals surface area (Å²) in [6.45, 7) is 5.64. The zero-order valence-electron chi connectivity index (χ0n) is 13.9. The van der Waals surface area contributed by atoms with Crippen molar-refractivity contribution in [1.82, 2.24) is 5.32 Å². The molecule has 1 N–H and O–H groups in total. The first kappa shape index (κ1) is 18.0. The Hall–Kier alpha value is -2.33. The number of halogens is 1. The van der Waals surface area contributed by atoms with Crippen molar-refractivity contribution in [2.45, 2.75) is 26.8 Å². The number of carbonyl (C=O) groups excluding carboxylic acids is 2. The minimum absolute atomic E-state index is 0.161. The fraction of sp³-hybridized carbons (Fsp3) is 0.263. The predicted molar refractivity (Wildman–Crippen MR) is 94.2 cm³/mol. The van der Waals surface area contributed by atoms with Crippen LogP contribution >= 0.6 is 11.6 Å². The second kappa shape index (κ2) is 7.97. The van der Waals surface area contributed by atoms with Crippen LogP contribution in [0.15, 0.2) is 42.5 Å². The third-order valence-electron chi connectivity index (χ3n) is 3.82. The first-order valence-electron chi connectivity index (χ1n) is 7.66. The lowest BCUT2D eigenvalue weighted by Crippen LogP contribution is -2.31. The Balaban J connectivity index is 1.87. The standard InChI is InChI=1S/C19H20ClNO3/c1-12-4-5-16(10-13(12)2)14(3)21-18(22)11-24-19(23)15-6-8-17(20)9-7-15/h4-10,14H,11H2,1-3H3,(H,21,22)/t14-/m1/s1. The highest BCUT2D eigenvalue weighted by Gasteiger charge is 2.13. The molecular formula is C19H20ClNO3. The molecule has 2 rings (SSSR count). The molecule has 0 aliphatic rings. The predicted octanol–water partition coefficient (Wildman–Crippen LogP) is 3.99. The minimum atomic E-state index is -0.555. The van der Waals surface area contributed by atoms with E-state index in [9.17, 15) is 9.59 Å². The van der Waals surface area contributed by atoms with Crippen LogP contribution in [0.25, 0.3) is 0 Å². The molecule has 0 saturated carbocycles. The van der Waals surface area contributed by atoms with E-state index in [0.717, 1.165) is 5.56 Å². The summed E-state index contributed by atoms with van der Waals surface area (Å²) < 4.78 is 5.02. The zero-order valence-corrected chi connectivity index (χ0v) is 14.7. The zero-order chi connectivity index (χ0) is 17.7. The highest BCUT2D eigenvalue weighted by Crippen LogP contribution is 2.16. The average Bonchev–Trinajstić information content (AvgIpc) is 2.55. The van der Waals surface area contributed by atoms with Crippen molar-refractivity contribution in [2.75, 3.05) is 6.61 Å². The Labute approximate surface area is 146 Å². The number of esters is 1. The van der Waals surface area contributed by atoms with Gasteiger partial charge in [-0.25, -0.2) is 4.79 Å². The van der Waals surface area contributed by atoms with Crippen LogP contribution in [0, 0.1) is 13.8 Å². The van der Waals surface area contributed by atoms with Gasteiger partial charge in [-0.3, -0.25) is 4.79 Å². The molecule has 5 heteroatoms. The molecule has 0 aliphatic carbocycles. The normalized spacial score (nSPS) is 11.7. The van der Waals surface area contributed by atoms with Crippen LogP contribution in [-0.2, 0) is 9.53 Å². The van der Waals surface area contributed by atoms with Gasteiger partial charge >= 0.3 is 5.97 Å². The molecule has 0 spiro atoms. The van der Waals surface area contributed by atoms with Crippen molar-refractivity contribution >= 4 is 23.5 Å². The van der Waals surface area contributed by atoms with Crippen molar-refractivity contribution in [3.63, 3.8) is 0 Å². The summed E-state index contributed by atoms with van der Waals surface area (Å²) in [6, 6.07) is 12.2. The fourth-order valence-electron chi connectivity index (χ4n) is 2.20. The molecule has 24 heavy (non-hydrogen) atoms. The third kappa shape index (κ3) is 4.83. The van der Waals surface area contributed by atoms with Gasteiger partial charge in [-0.1, -0.05) is 29.8 Å². The second-order valence-electron chi connectivity index (χ2n) is 5.72. The Morgan fingerprint density at radius 2 is 1.75 bits per heavy atom. The monoisotopic (exact) mass is 345 g/mol. The van der Waals surface area contributed by atoms with E-state index in [1.54, 1.807) is 24.3 Å². The molecule has 1 amide bonds. The number of hydrogen-bond acceptors (Lipinski definition) is 3. The van der Waals surface area contributed by atoms with Crippen molar-refractivity contribution in [1.29, 1.82) is 0 Å². The topological polar surface area (TPSA) is 55.4 Å². The van der Waals surface area contributed by atoms with Gasteiger partial charge in [0.1, 0.15) is 0 Å². The van der Waals surface area contributed by atoms with Crippen LogP contribution in [0.2, 0.25) is 5.02 Å². The lowest BCUT2D eigenvalue weighted by Gasteiger charge is -2.15. The summed E-state index contributed by atoms with van der Waals surface area (Å²) in [4.78, 5) is 23.8. The van der Waals surface area contributed by atoms with E-state index in [0.29, 0.717) is 10.6 Å². The van der Waals surface area contributed by atoms with Gasteiger partial charge in [0, 0.05) is 5.02 Å². The lowest BCUT2D eigenvalue weighted by molar-refractivity contribution is -0.124. The molecule has 0 fully saturated rings. The summed E-state index contributed by atoms with van der Waals surface area (Å²) in [5.41, 5.74) is 3.74. The average molecular weight is 346 g/mol. The molecule has 0 radical (unpaired) electrons. The van der Waals surface area contributed by atoms with E-state index in [1.165, 1.54) is 11.1 Å². The molecule has 0 heterocycles. The van der Waals surface area contributed by atoms with Crippen LogP contribution < -0.4 is 5.32 Å². The van der Waals surface area contributed by atoms with Gasteiger partial charge in [0.2, 0.25) is 0 Å². The molecular weight excluding hydrogens is 326 g/mol. The van der Waals surface area contributed by atoms with Crippen LogP contribution in [-0.4, -0.2) is 18.5 Å². The molecule has 0 unspecified atom stereocenters. The third-order valence-corrected chi connectivity index (χ3v) is 4.07. The van der Waals surface area contributed by atoms with Crippen molar-refractivity contribution in [3.05, 3.63) is 69.7 Å². The van der Waals surface area contributed by atoms with Crippen LogP contribution in [0.3, 0.4) is 0 Å². The number of hydrogen-bond donors (Lipinski definition) is 1. The number of nitrogens with one attached hydrogen (secondary N) is 1. The highest BCUT2D eigenvalue weighted by atomic mass is 35.5. The largest absolute Gasteiger partial charge is 0.452 e. The van der Waals surface area contributed by atoms with Crippen LogP contribution in [0.5, 0.6) is 0 Å². The number of amides is 1. The van der Waals surface area contributed by atoms with Gasteiger partial charge in [0.05, 0.1) is 11.6 Å². The summed E-state index contributed by atoms with van der Waals surface area (Å²) in [5.74, 6) is -0.899. The SMILES string of the molecule is Cc1ccc([C@@H](C)NC(=O)COC(=O)c2ccc(Cl)cc2)cc1C. The maximum Gasteiger partial charge on any atom is 0.338 e. The maximum atomic E-state index is 12.0. The van der Waals surface area contributed by atoms with Gasteiger partial charge in [0.15, 0.2) is 6.61 Å². The fourth-order valence-corrected chi connectivity index (χ4v) is 2.33. The lowest BCUT2D eigenvalue weighted by atomic mass is 10.0. The minimum Gasteiger partial charge on any atom is -0.452 e. The molecule has 0 bridgehead atoms. The molecule has 2 aromatic carbocycles. The van der Waals surface area contributed by atoms with E-state index in [2.05, 4.69) is 5.32 Å². The quantitative estimate of drug-likeness (QED) is 0.833. The van der Waals surface area contributed by atoms with Gasteiger partial charge in [-0.2, -0.15) is 0 Å². The summed E-state index contributed by atoms with van der Waals surface area (Å²) in [5, 5.41) is 3.36. The number of aryl methyl sites for hydroxylation is 2. The molecule has 126 valence electrons. The Kier molecular flexibility index (Phi) is 5.99. The first-order chi connectivity index (χ1) is 11.4. The first-order valence-corrected chi connectivity index (χ1v) is 8.04. The maximum absolute atomic E-state index is 12.0. The Morgan fingerprint density at radius 3 is 2.38 bits per heavy atom. The molecule has 1 atom stereocenters. The Bertz CT molecular complexity index is 741.